The van der Waals surface area contributed by atoms with Crippen LogP contribution in [0.2, 0.25) is 0 Å². The van der Waals surface area contributed by atoms with Crippen LogP contribution in [0, 0.1) is 0 Å². The van der Waals surface area contributed by atoms with Gasteiger partial charge in [-0.25, -0.2) is 4.98 Å². The Hall–Kier alpha value is -0.830. The fourth-order valence-corrected chi connectivity index (χ4v) is 0.955. The summed E-state index contributed by atoms with van der Waals surface area (Å²) in [6, 6.07) is 0. The topological polar surface area (TPSA) is 38.0 Å². The molecule has 0 fully saturated rings. The van der Waals surface area contributed by atoms with Gasteiger partial charge in [-0.05, 0) is 5.92 Å². The number of imidazole rings is 1. The maximum absolute atomic E-state index is 8.83. The van der Waals surface area contributed by atoms with Crippen LogP contribution in [0.4, 0.5) is 0 Å². The highest BCUT2D eigenvalue weighted by Gasteiger charge is 2.06. The largest absolute Gasteiger partial charge is 0.388 e. The summed E-state index contributed by atoms with van der Waals surface area (Å²) in [4.78, 5) is 4.24. The van der Waals surface area contributed by atoms with E-state index in [0.29, 0.717) is 5.92 Å². The van der Waals surface area contributed by atoms with Crippen molar-refractivity contribution >= 4 is 0 Å². The first-order valence-electron chi connectivity index (χ1n) is 3.78. The Balaban J connectivity index is 2.95. The van der Waals surface area contributed by atoms with Gasteiger partial charge in [-0.2, -0.15) is 0 Å². The maximum Gasteiger partial charge on any atom is 0.134 e. The fraction of sp³-hybridized carbons (Fsp3) is 0.625. The number of aliphatic hydroxyl groups excluding tert-OH is 1. The predicted octanol–water partition coefficient (Wildman–Crippen LogP) is 1.04. The molecule has 0 spiro atoms. The molecule has 1 rings (SSSR count). The SMILES string of the molecule is CC(C)c1cn(C)c(CO)n1. The van der Waals surface area contributed by atoms with Crippen molar-refractivity contribution in [2.75, 3.05) is 0 Å². The summed E-state index contributed by atoms with van der Waals surface area (Å²) >= 11 is 0. The van der Waals surface area contributed by atoms with Gasteiger partial charge in [0.1, 0.15) is 12.4 Å². The number of hydrogen-bond donors (Lipinski definition) is 1. The third-order valence-corrected chi connectivity index (χ3v) is 1.72. The fourth-order valence-electron chi connectivity index (χ4n) is 0.955. The highest BCUT2D eigenvalue weighted by molar-refractivity contribution is 5.06. The van der Waals surface area contributed by atoms with Gasteiger partial charge < -0.3 is 9.67 Å². The van der Waals surface area contributed by atoms with E-state index in [2.05, 4.69) is 18.8 Å². The Morgan fingerprint density at radius 3 is 2.55 bits per heavy atom. The molecule has 0 aromatic carbocycles. The second kappa shape index (κ2) is 3.05. The first-order chi connectivity index (χ1) is 5.15. The summed E-state index contributed by atoms with van der Waals surface area (Å²) in [7, 11) is 1.89. The molecule has 62 valence electrons. The highest BCUT2D eigenvalue weighted by atomic mass is 16.3. The number of rotatable bonds is 2. The van der Waals surface area contributed by atoms with E-state index in [9.17, 15) is 0 Å². The van der Waals surface area contributed by atoms with Crippen LogP contribution in [-0.4, -0.2) is 14.7 Å². The second-order valence-corrected chi connectivity index (χ2v) is 3.01. The molecule has 0 saturated carbocycles. The number of aryl methyl sites for hydroxylation is 1. The summed E-state index contributed by atoms with van der Waals surface area (Å²) in [5.41, 5.74) is 1.04. The van der Waals surface area contributed by atoms with Crippen LogP contribution in [0.3, 0.4) is 0 Å². The van der Waals surface area contributed by atoms with Gasteiger partial charge in [-0.1, -0.05) is 13.8 Å². The van der Waals surface area contributed by atoms with Gasteiger partial charge in [0.15, 0.2) is 0 Å². The molecule has 0 aliphatic heterocycles. The van der Waals surface area contributed by atoms with Crippen LogP contribution in [0.15, 0.2) is 6.20 Å². The predicted molar refractivity (Wildman–Crippen MR) is 43.2 cm³/mol. The molecule has 0 aliphatic rings. The van der Waals surface area contributed by atoms with Crippen LogP contribution in [0.1, 0.15) is 31.3 Å². The molecule has 3 heteroatoms. The zero-order valence-corrected chi connectivity index (χ0v) is 7.20. The molecule has 0 aliphatic carbocycles. The van der Waals surface area contributed by atoms with Gasteiger partial charge in [-0.15, -0.1) is 0 Å². The minimum Gasteiger partial charge on any atom is -0.388 e. The van der Waals surface area contributed by atoms with Crippen LogP contribution >= 0.6 is 0 Å². The van der Waals surface area contributed by atoms with E-state index in [-0.39, 0.29) is 6.61 Å². The molecule has 0 unspecified atom stereocenters. The molecule has 0 bridgehead atoms. The normalized spacial score (nSPS) is 11.0. The van der Waals surface area contributed by atoms with Crippen molar-refractivity contribution < 1.29 is 5.11 Å². The lowest BCUT2D eigenvalue weighted by Crippen LogP contribution is -1.95. The van der Waals surface area contributed by atoms with E-state index < -0.39 is 0 Å². The molecule has 0 radical (unpaired) electrons. The van der Waals surface area contributed by atoms with Crippen molar-refractivity contribution in [2.45, 2.75) is 26.4 Å². The van der Waals surface area contributed by atoms with E-state index in [4.69, 9.17) is 5.11 Å². The molecule has 1 aromatic rings. The van der Waals surface area contributed by atoms with Crippen molar-refractivity contribution in [3.8, 4) is 0 Å². The zero-order chi connectivity index (χ0) is 8.43. The Labute approximate surface area is 66.7 Å². The maximum atomic E-state index is 8.83. The van der Waals surface area contributed by atoms with Crippen LogP contribution in [0.25, 0.3) is 0 Å². The van der Waals surface area contributed by atoms with Crippen LogP contribution < -0.4 is 0 Å². The first-order valence-corrected chi connectivity index (χ1v) is 3.78. The molecular formula is C8H14N2O. The summed E-state index contributed by atoms with van der Waals surface area (Å²) in [6.07, 6.45) is 1.95. The zero-order valence-electron chi connectivity index (χ0n) is 7.20. The van der Waals surface area contributed by atoms with Gasteiger partial charge in [-0.3, -0.25) is 0 Å². The summed E-state index contributed by atoms with van der Waals surface area (Å²) in [6.45, 7) is 4.19. The second-order valence-electron chi connectivity index (χ2n) is 3.01. The van der Waals surface area contributed by atoms with Crippen molar-refractivity contribution in [1.29, 1.82) is 0 Å². The Kier molecular flexibility index (Phi) is 2.29. The lowest BCUT2D eigenvalue weighted by molar-refractivity contribution is 0.267. The third-order valence-electron chi connectivity index (χ3n) is 1.72. The number of aliphatic hydroxyl groups is 1. The summed E-state index contributed by atoms with van der Waals surface area (Å²) in [5, 5.41) is 8.83. The Bertz CT molecular complexity index is 240. The van der Waals surface area contributed by atoms with E-state index >= 15 is 0 Å². The first kappa shape index (κ1) is 8.27. The van der Waals surface area contributed by atoms with Gasteiger partial charge in [0.05, 0.1) is 5.69 Å². The van der Waals surface area contributed by atoms with Crippen LogP contribution in [0.5, 0.6) is 0 Å². The van der Waals surface area contributed by atoms with E-state index in [0.717, 1.165) is 11.5 Å². The minimum atomic E-state index is 0.0171. The molecule has 1 aromatic heterocycles. The average Bonchev–Trinajstić information content (AvgIpc) is 2.31. The number of hydrogen-bond acceptors (Lipinski definition) is 2. The van der Waals surface area contributed by atoms with Gasteiger partial charge >= 0.3 is 0 Å². The monoisotopic (exact) mass is 154 g/mol. The van der Waals surface area contributed by atoms with E-state index in [1.165, 1.54) is 0 Å². The molecule has 1 heterocycles. The lowest BCUT2D eigenvalue weighted by atomic mass is 10.2. The van der Waals surface area contributed by atoms with Crippen molar-refractivity contribution in [2.24, 2.45) is 7.05 Å². The van der Waals surface area contributed by atoms with Gasteiger partial charge in [0, 0.05) is 13.2 Å². The lowest BCUT2D eigenvalue weighted by Gasteiger charge is -1.95. The molecule has 1 N–H and O–H groups in total. The van der Waals surface area contributed by atoms with E-state index in [1.807, 2.05) is 17.8 Å². The number of aromatic nitrogens is 2. The molecule has 0 saturated heterocycles. The molecule has 11 heavy (non-hydrogen) atoms. The third kappa shape index (κ3) is 1.60. The molecular weight excluding hydrogens is 140 g/mol. The summed E-state index contributed by atoms with van der Waals surface area (Å²) in [5.74, 6) is 1.16. The standard InChI is InChI=1S/C8H14N2O/c1-6(2)7-4-10(3)8(5-11)9-7/h4,6,11H,5H2,1-3H3. The smallest absolute Gasteiger partial charge is 0.134 e. The van der Waals surface area contributed by atoms with Crippen molar-refractivity contribution in [1.82, 2.24) is 9.55 Å². The minimum absolute atomic E-state index is 0.0171. The Morgan fingerprint density at radius 1 is 1.64 bits per heavy atom. The molecule has 3 nitrogen and oxygen atoms in total. The van der Waals surface area contributed by atoms with E-state index in [1.54, 1.807) is 0 Å². The van der Waals surface area contributed by atoms with Crippen LogP contribution in [-0.2, 0) is 13.7 Å². The van der Waals surface area contributed by atoms with Gasteiger partial charge in [0.25, 0.3) is 0 Å². The van der Waals surface area contributed by atoms with Gasteiger partial charge in [0.2, 0.25) is 0 Å². The highest BCUT2D eigenvalue weighted by Crippen LogP contribution is 2.12. The number of nitrogens with zero attached hydrogens (tertiary/aromatic N) is 2. The molecule has 0 amide bonds. The Morgan fingerprint density at radius 2 is 2.27 bits per heavy atom. The van der Waals surface area contributed by atoms with Crippen molar-refractivity contribution in [3.63, 3.8) is 0 Å². The van der Waals surface area contributed by atoms with Crippen molar-refractivity contribution in [3.05, 3.63) is 17.7 Å². The summed E-state index contributed by atoms with van der Waals surface area (Å²) < 4.78 is 1.86. The quantitative estimate of drug-likeness (QED) is 0.691. The average molecular weight is 154 g/mol. The molecule has 0 atom stereocenters.